The van der Waals surface area contributed by atoms with E-state index in [0.717, 1.165) is 10.9 Å². The number of ether oxygens (including phenoxy) is 1. The molecule has 5 nitrogen and oxygen atoms in total. The highest BCUT2D eigenvalue weighted by molar-refractivity contribution is 6.30. The topological polar surface area (TPSA) is 68.3 Å². The molecule has 3 rings (SSSR count). The average molecular weight is 369 g/mol. The standard InChI is InChI=1S/C20H17ClN2O3/c1-13(14-6-9-16(21)10-7-14)22-19(24)12-26-20(25)18-11-8-15-4-2-3-5-17(15)23-18/h2-11,13H,12H2,1H3,(H,22,24)/t13-/m0/s1. The first kappa shape index (κ1) is 17.9. The molecular formula is C20H17ClN2O3. The van der Waals surface area contributed by atoms with E-state index in [0.29, 0.717) is 10.5 Å². The van der Waals surface area contributed by atoms with Gasteiger partial charge in [-0.05, 0) is 36.8 Å². The summed E-state index contributed by atoms with van der Waals surface area (Å²) in [6, 6.07) is 17.8. The highest BCUT2D eigenvalue weighted by atomic mass is 35.5. The molecule has 0 spiro atoms. The minimum absolute atomic E-state index is 0.169. The molecule has 0 aliphatic heterocycles. The molecule has 0 unspecified atom stereocenters. The van der Waals surface area contributed by atoms with Crippen LogP contribution in [-0.2, 0) is 9.53 Å². The maximum absolute atomic E-state index is 12.1. The summed E-state index contributed by atoms with van der Waals surface area (Å²) in [7, 11) is 0. The van der Waals surface area contributed by atoms with Crippen LogP contribution in [-0.4, -0.2) is 23.5 Å². The van der Waals surface area contributed by atoms with Gasteiger partial charge in [0.05, 0.1) is 11.6 Å². The zero-order valence-electron chi connectivity index (χ0n) is 14.1. The third-order valence-electron chi connectivity index (χ3n) is 3.89. The maximum Gasteiger partial charge on any atom is 0.357 e. The molecule has 1 atom stereocenters. The summed E-state index contributed by atoms with van der Waals surface area (Å²) in [6.07, 6.45) is 0. The van der Waals surface area contributed by atoms with E-state index >= 15 is 0 Å². The van der Waals surface area contributed by atoms with Crippen molar-refractivity contribution in [2.45, 2.75) is 13.0 Å². The summed E-state index contributed by atoms with van der Waals surface area (Å²) in [5.41, 5.74) is 1.77. The van der Waals surface area contributed by atoms with Gasteiger partial charge < -0.3 is 10.1 Å². The molecule has 1 heterocycles. The predicted octanol–water partition coefficient (Wildman–Crippen LogP) is 3.92. The van der Waals surface area contributed by atoms with Crippen molar-refractivity contribution < 1.29 is 14.3 Å². The normalized spacial score (nSPS) is 11.8. The molecule has 0 fully saturated rings. The van der Waals surface area contributed by atoms with Crippen molar-refractivity contribution in [3.8, 4) is 0 Å². The lowest BCUT2D eigenvalue weighted by Crippen LogP contribution is -2.31. The fourth-order valence-electron chi connectivity index (χ4n) is 2.50. The number of esters is 1. The van der Waals surface area contributed by atoms with E-state index in [1.54, 1.807) is 24.3 Å². The van der Waals surface area contributed by atoms with Gasteiger partial charge in [0.1, 0.15) is 5.69 Å². The Morgan fingerprint density at radius 3 is 2.58 bits per heavy atom. The van der Waals surface area contributed by atoms with Crippen LogP contribution in [0.5, 0.6) is 0 Å². The molecule has 0 aliphatic carbocycles. The first-order valence-electron chi connectivity index (χ1n) is 8.10. The number of nitrogens with one attached hydrogen (secondary N) is 1. The Kier molecular flexibility index (Phi) is 5.49. The zero-order valence-corrected chi connectivity index (χ0v) is 14.9. The van der Waals surface area contributed by atoms with Gasteiger partial charge in [0.2, 0.25) is 0 Å². The Bertz CT molecular complexity index is 941. The van der Waals surface area contributed by atoms with Gasteiger partial charge in [-0.25, -0.2) is 9.78 Å². The fraction of sp³-hybridized carbons (Fsp3) is 0.150. The van der Waals surface area contributed by atoms with Crippen LogP contribution in [0.25, 0.3) is 10.9 Å². The van der Waals surface area contributed by atoms with Crippen molar-refractivity contribution in [3.05, 3.63) is 76.9 Å². The molecule has 26 heavy (non-hydrogen) atoms. The van der Waals surface area contributed by atoms with Crippen LogP contribution in [0.4, 0.5) is 0 Å². The zero-order chi connectivity index (χ0) is 18.5. The molecule has 0 bridgehead atoms. The minimum Gasteiger partial charge on any atom is -0.451 e. The Morgan fingerprint density at radius 2 is 1.81 bits per heavy atom. The number of rotatable bonds is 5. The summed E-state index contributed by atoms with van der Waals surface area (Å²) >= 11 is 5.85. The van der Waals surface area contributed by atoms with Crippen LogP contribution in [0.1, 0.15) is 29.0 Å². The third kappa shape index (κ3) is 4.37. The smallest absolute Gasteiger partial charge is 0.357 e. The maximum atomic E-state index is 12.1. The van der Waals surface area contributed by atoms with Gasteiger partial charge in [0, 0.05) is 10.4 Å². The number of nitrogens with zero attached hydrogens (tertiary/aromatic N) is 1. The summed E-state index contributed by atoms with van der Waals surface area (Å²) in [6.45, 7) is 1.47. The number of hydrogen-bond donors (Lipinski definition) is 1. The van der Waals surface area contributed by atoms with Crippen LogP contribution in [0.2, 0.25) is 5.02 Å². The molecular weight excluding hydrogens is 352 g/mol. The fourth-order valence-corrected chi connectivity index (χ4v) is 2.63. The summed E-state index contributed by atoms with van der Waals surface area (Å²) in [4.78, 5) is 28.4. The minimum atomic E-state index is -0.634. The van der Waals surface area contributed by atoms with E-state index in [9.17, 15) is 9.59 Å². The molecule has 3 aromatic rings. The van der Waals surface area contributed by atoms with Crippen molar-refractivity contribution >= 4 is 34.4 Å². The number of para-hydroxylation sites is 1. The van der Waals surface area contributed by atoms with Crippen LogP contribution >= 0.6 is 11.6 Å². The van der Waals surface area contributed by atoms with Crippen molar-refractivity contribution in [1.82, 2.24) is 10.3 Å². The van der Waals surface area contributed by atoms with Gasteiger partial charge in [-0.1, -0.05) is 48.0 Å². The second-order valence-electron chi connectivity index (χ2n) is 5.81. The number of benzene rings is 2. The lowest BCUT2D eigenvalue weighted by Gasteiger charge is -2.14. The number of halogens is 1. The lowest BCUT2D eigenvalue weighted by atomic mass is 10.1. The molecule has 2 aromatic carbocycles. The van der Waals surface area contributed by atoms with E-state index in [1.807, 2.05) is 43.3 Å². The van der Waals surface area contributed by atoms with Gasteiger partial charge in [0.25, 0.3) is 5.91 Å². The van der Waals surface area contributed by atoms with Gasteiger partial charge in [-0.2, -0.15) is 0 Å². The van der Waals surface area contributed by atoms with E-state index in [-0.39, 0.29) is 24.2 Å². The lowest BCUT2D eigenvalue weighted by molar-refractivity contribution is -0.124. The molecule has 0 aliphatic rings. The summed E-state index contributed by atoms with van der Waals surface area (Å²) in [5, 5.41) is 4.33. The quantitative estimate of drug-likeness (QED) is 0.693. The van der Waals surface area contributed by atoms with Gasteiger partial charge in [-0.3, -0.25) is 4.79 Å². The SMILES string of the molecule is C[C@H](NC(=O)COC(=O)c1ccc2ccccc2n1)c1ccc(Cl)cc1. The highest BCUT2D eigenvalue weighted by Crippen LogP contribution is 2.16. The first-order chi connectivity index (χ1) is 12.5. The largest absolute Gasteiger partial charge is 0.451 e. The number of aromatic nitrogens is 1. The number of pyridine rings is 1. The van der Waals surface area contributed by atoms with Crippen LogP contribution < -0.4 is 5.32 Å². The molecule has 0 saturated carbocycles. The molecule has 132 valence electrons. The van der Waals surface area contributed by atoms with Crippen LogP contribution in [0.15, 0.2) is 60.7 Å². The summed E-state index contributed by atoms with van der Waals surface area (Å²) < 4.78 is 5.06. The second-order valence-corrected chi connectivity index (χ2v) is 6.24. The molecule has 0 radical (unpaired) electrons. The number of hydrogen-bond acceptors (Lipinski definition) is 4. The van der Waals surface area contributed by atoms with E-state index < -0.39 is 5.97 Å². The number of amides is 1. The van der Waals surface area contributed by atoms with E-state index in [2.05, 4.69) is 10.3 Å². The Labute approximate surface area is 156 Å². The Balaban J connectivity index is 1.56. The third-order valence-corrected chi connectivity index (χ3v) is 4.14. The van der Waals surface area contributed by atoms with Gasteiger partial charge in [0.15, 0.2) is 6.61 Å². The van der Waals surface area contributed by atoms with Crippen molar-refractivity contribution in [2.24, 2.45) is 0 Å². The number of carbonyl (C=O) groups is 2. The summed E-state index contributed by atoms with van der Waals surface area (Å²) in [5.74, 6) is -1.02. The van der Waals surface area contributed by atoms with E-state index in [1.165, 1.54) is 0 Å². The molecule has 1 N–H and O–H groups in total. The van der Waals surface area contributed by atoms with Crippen LogP contribution in [0, 0.1) is 0 Å². The Morgan fingerprint density at radius 1 is 1.08 bits per heavy atom. The molecule has 6 heteroatoms. The molecule has 1 amide bonds. The predicted molar refractivity (Wildman–Crippen MR) is 100 cm³/mol. The molecule has 1 aromatic heterocycles. The van der Waals surface area contributed by atoms with Crippen LogP contribution in [0.3, 0.4) is 0 Å². The number of carbonyl (C=O) groups excluding carboxylic acids is 2. The van der Waals surface area contributed by atoms with Gasteiger partial charge >= 0.3 is 5.97 Å². The van der Waals surface area contributed by atoms with Crippen molar-refractivity contribution in [2.75, 3.05) is 6.61 Å². The van der Waals surface area contributed by atoms with Gasteiger partial charge in [-0.15, -0.1) is 0 Å². The number of fused-ring (bicyclic) bond motifs is 1. The Hall–Kier alpha value is -2.92. The molecule has 0 saturated heterocycles. The van der Waals surface area contributed by atoms with Crippen molar-refractivity contribution in [1.29, 1.82) is 0 Å². The highest BCUT2D eigenvalue weighted by Gasteiger charge is 2.14. The average Bonchev–Trinajstić information content (AvgIpc) is 2.66. The second kappa shape index (κ2) is 7.97. The van der Waals surface area contributed by atoms with Crippen molar-refractivity contribution in [3.63, 3.8) is 0 Å². The first-order valence-corrected chi connectivity index (χ1v) is 8.48. The monoisotopic (exact) mass is 368 g/mol. The van der Waals surface area contributed by atoms with E-state index in [4.69, 9.17) is 16.3 Å².